The Morgan fingerprint density at radius 2 is 1.84 bits per heavy atom. The van der Waals surface area contributed by atoms with Crippen molar-refractivity contribution in [1.82, 2.24) is 4.90 Å². The summed E-state index contributed by atoms with van der Waals surface area (Å²) in [6, 6.07) is 6.32. The van der Waals surface area contributed by atoms with Crippen LogP contribution < -0.4 is 0 Å². The first-order valence-corrected chi connectivity index (χ1v) is 6.27. The second kappa shape index (κ2) is 6.91. The Hall–Kier alpha value is -1.07. The number of carbonyl (C=O) groups is 1. The fourth-order valence-corrected chi connectivity index (χ4v) is 1.77. The van der Waals surface area contributed by atoms with Gasteiger partial charge in [-0.25, -0.2) is 0 Å². The number of benzene rings is 1. The van der Waals surface area contributed by atoms with Crippen molar-refractivity contribution in [2.24, 2.45) is 0 Å². The van der Waals surface area contributed by atoms with Gasteiger partial charge in [0.2, 0.25) is 0 Å². The number of nitrogens with zero attached hydrogens (tertiary/aromatic N) is 1. The lowest BCUT2D eigenvalue weighted by Crippen LogP contribution is -2.35. The Bertz CT molecular complexity index is 417. The summed E-state index contributed by atoms with van der Waals surface area (Å²) in [6.07, 6.45) is -4.18. The van der Waals surface area contributed by atoms with Gasteiger partial charge < -0.3 is 0 Å². The SMILES string of the molecule is CCN(CCC(=O)c1ccc(Cl)cc1)CC(F)(F)F. The van der Waals surface area contributed by atoms with Crippen LogP contribution in [0.4, 0.5) is 13.2 Å². The molecule has 1 rings (SSSR count). The van der Waals surface area contributed by atoms with Gasteiger partial charge >= 0.3 is 6.18 Å². The van der Waals surface area contributed by atoms with Crippen LogP contribution in [0.5, 0.6) is 0 Å². The fourth-order valence-electron chi connectivity index (χ4n) is 1.64. The van der Waals surface area contributed by atoms with E-state index < -0.39 is 12.7 Å². The zero-order valence-corrected chi connectivity index (χ0v) is 11.3. The van der Waals surface area contributed by atoms with Crippen molar-refractivity contribution in [1.29, 1.82) is 0 Å². The van der Waals surface area contributed by atoms with Crippen LogP contribution in [-0.4, -0.2) is 36.5 Å². The van der Waals surface area contributed by atoms with Crippen molar-refractivity contribution in [3.8, 4) is 0 Å². The monoisotopic (exact) mass is 293 g/mol. The number of rotatable bonds is 6. The summed E-state index contributed by atoms with van der Waals surface area (Å²) in [5, 5.41) is 0.517. The zero-order valence-electron chi connectivity index (χ0n) is 10.5. The fraction of sp³-hybridized carbons (Fsp3) is 0.462. The van der Waals surface area contributed by atoms with Gasteiger partial charge in [0.25, 0.3) is 0 Å². The predicted molar refractivity (Wildman–Crippen MR) is 68.6 cm³/mol. The van der Waals surface area contributed by atoms with E-state index in [0.29, 0.717) is 10.6 Å². The van der Waals surface area contributed by atoms with Crippen molar-refractivity contribution < 1.29 is 18.0 Å². The van der Waals surface area contributed by atoms with Gasteiger partial charge in [-0.1, -0.05) is 18.5 Å². The minimum absolute atomic E-state index is 0.0611. The highest BCUT2D eigenvalue weighted by atomic mass is 35.5. The van der Waals surface area contributed by atoms with Crippen LogP contribution in [0.15, 0.2) is 24.3 Å². The minimum atomic E-state index is -4.24. The molecule has 19 heavy (non-hydrogen) atoms. The molecule has 0 fully saturated rings. The molecule has 0 aromatic heterocycles. The number of carbonyl (C=O) groups excluding carboxylic acids is 1. The van der Waals surface area contributed by atoms with Gasteiger partial charge in [0, 0.05) is 23.6 Å². The average Bonchev–Trinajstić information content (AvgIpc) is 2.33. The van der Waals surface area contributed by atoms with Crippen LogP contribution >= 0.6 is 11.6 Å². The van der Waals surface area contributed by atoms with E-state index in [0.717, 1.165) is 0 Å². The summed E-state index contributed by atoms with van der Waals surface area (Å²) >= 11 is 5.69. The van der Waals surface area contributed by atoms with Gasteiger partial charge in [0.1, 0.15) is 0 Å². The second-order valence-electron chi connectivity index (χ2n) is 4.16. The molecule has 0 aliphatic heterocycles. The van der Waals surface area contributed by atoms with E-state index in [1.54, 1.807) is 31.2 Å². The second-order valence-corrected chi connectivity index (χ2v) is 4.60. The standard InChI is InChI=1S/C13H15ClF3NO/c1-2-18(9-13(15,16)17)8-7-12(19)10-3-5-11(14)6-4-10/h3-6H,2,7-9H2,1H3. The number of hydrogen-bond donors (Lipinski definition) is 0. The van der Waals surface area contributed by atoms with Crippen LogP contribution in [0.1, 0.15) is 23.7 Å². The zero-order chi connectivity index (χ0) is 14.5. The maximum Gasteiger partial charge on any atom is 0.401 e. The summed E-state index contributed by atoms with van der Waals surface area (Å²) in [7, 11) is 0. The third-order valence-electron chi connectivity index (χ3n) is 2.67. The van der Waals surface area contributed by atoms with Crippen LogP contribution in [0.2, 0.25) is 5.02 Å². The van der Waals surface area contributed by atoms with E-state index in [4.69, 9.17) is 11.6 Å². The highest BCUT2D eigenvalue weighted by molar-refractivity contribution is 6.30. The number of ketones is 1. The van der Waals surface area contributed by atoms with Crippen molar-refractivity contribution in [2.45, 2.75) is 19.5 Å². The van der Waals surface area contributed by atoms with Crippen molar-refractivity contribution in [3.05, 3.63) is 34.9 Å². The number of halogens is 4. The molecule has 1 aromatic rings. The Morgan fingerprint density at radius 1 is 1.26 bits per heavy atom. The number of alkyl halides is 3. The van der Waals surface area contributed by atoms with E-state index in [1.165, 1.54) is 4.90 Å². The summed E-state index contributed by atoms with van der Waals surface area (Å²) in [6.45, 7) is 1.00. The molecule has 0 saturated heterocycles. The predicted octanol–water partition coefficient (Wildman–Crippen LogP) is 3.80. The lowest BCUT2D eigenvalue weighted by Gasteiger charge is -2.21. The molecule has 0 spiro atoms. The lowest BCUT2D eigenvalue weighted by atomic mass is 10.1. The quantitative estimate of drug-likeness (QED) is 0.744. The van der Waals surface area contributed by atoms with E-state index in [-0.39, 0.29) is 25.3 Å². The van der Waals surface area contributed by atoms with Crippen LogP contribution in [0, 0.1) is 0 Å². The molecule has 106 valence electrons. The molecular weight excluding hydrogens is 279 g/mol. The third kappa shape index (κ3) is 6.07. The molecule has 0 N–H and O–H groups in total. The third-order valence-corrected chi connectivity index (χ3v) is 2.92. The van der Waals surface area contributed by atoms with E-state index in [2.05, 4.69) is 0 Å². The summed E-state index contributed by atoms with van der Waals surface area (Å²) in [5.74, 6) is -0.183. The summed E-state index contributed by atoms with van der Waals surface area (Å²) in [4.78, 5) is 13.0. The molecule has 0 aliphatic rings. The molecular formula is C13H15ClF3NO. The molecule has 0 radical (unpaired) electrons. The summed E-state index contributed by atoms with van der Waals surface area (Å²) < 4.78 is 36.7. The molecule has 6 heteroatoms. The first-order chi connectivity index (χ1) is 8.81. The van der Waals surface area contributed by atoms with Gasteiger partial charge in [-0.05, 0) is 30.8 Å². The van der Waals surface area contributed by atoms with Crippen LogP contribution in [0.25, 0.3) is 0 Å². The molecule has 0 bridgehead atoms. The molecule has 1 aromatic carbocycles. The van der Waals surface area contributed by atoms with E-state index in [9.17, 15) is 18.0 Å². The smallest absolute Gasteiger partial charge is 0.295 e. The molecule has 2 nitrogen and oxygen atoms in total. The van der Waals surface area contributed by atoms with Crippen LogP contribution in [0.3, 0.4) is 0 Å². The van der Waals surface area contributed by atoms with Crippen LogP contribution in [-0.2, 0) is 0 Å². The Morgan fingerprint density at radius 3 is 2.32 bits per heavy atom. The minimum Gasteiger partial charge on any atom is -0.295 e. The van der Waals surface area contributed by atoms with Crippen molar-refractivity contribution in [3.63, 3.8) is 0 Å². The largest absolute Gasteiger partial charge is 0.401 e. The highest BCUT2D eigenvalue weighted by Crippen LogP contribution is 2.17. The normalized spacial score (nSPS) is 11.9. The average molecular weight is 294 g/mol. The molecule has 0 aliphatic carbocycles. The first kappa shape index (κ1) is 16.0. The van der Waals surface area contributed by atoms with E-state index >= 15 is 0 Å². The Balaban J connectivity index is 2.50. The van der Waals surface area contributed by atoms with Gasteiger partial charge in [0.15, 0.2) is 5.78 Å². The Labute approximate surface area is 115 Å². The van der Waals surface area contributed by atoms with Gasteiger partial charge in [-0.15, -0.1) is 0 Å². The molecule has 0 unspecified atom stereocenters. The topological polar surface area (TPSA) is 20.3 Å². The Kier molecular flexibility index (Phi) is 5.82. The van der Waals surface area contributed by atoms with Crippen molar-refractivity contribution >= 4 is 17.4 Å². The number of Topliss-reactive ketones (excluding diaryl/α,β-unsaturated/α-hetero) is 1. The molecule has 0 saturated carbocycles. The van der Waals surface area contributed by atoms with Gasteiger partial charge in [-0.3, -0.25) is 9.69 Å². The summed E-state index contributed by atoms with van der Waals surface area (Å²) in [5.41, 5.74) is 0.465. The van der Waals surface area contributed by atoms with Crippen molar-refractivity contribution in [2.75, 3.05) is 19.6 Å². The van der Waals surface area contributed by atoms with Gasteiger partial charge in [-0.2, -0.15) is 13.2 Å². The van der Waals surface area contributed by atoms with E-state index in [1.807, 2.05) is 0 Å². The molecule has 0 amide bonds. The lowest BCUT2D eigenvalue weighted by molar-refractivity contribution is -0.145. The first-order valence-electron chi connectivity index (χ1n) is 5.89. The molecule has 0 atom stereocenters. The number of hydrogen-bond acceptors (Lipinski definition) is 2. The maximum absolute atomic E-state index is 12.2. The highest BCUT2D eigenvalue weighted by Gasteiger charge is 2.30. The van der Waals surface area contributed by atoms with Gasteiger partial charge in [0.05, 0.1) is 6.54 Å². The maximum atomic E-state index is 12.2. The molecule has 0 heterocycles.